The third-order valence-electron chi connectivity index (χ3n) is 2.41. The Morgan fingerprint density at radius 1 is 1.20 bits per heavy atom. The standard InChI is InChI=1S/C11H13BNO2/c14-11(13-6-8-15-9-7-13)12-10-4-2-1-3-5-10/h1-5H,6-9H2. The zero-order chi connectivity index (χ0) is 10.5. The second kappa shape index (κ2) is 4.98. The maximum atomic E-state index is 11.8. The molecule has 0 saturated carbocycles. The van der Waals surface area contributed by atoms with Gasteiger partial charge in [-0.05, 0) is 0 Å². The molecule has 3 nitrogen and oxygen atoms in total. The number of ether oxygens (including phenoxy) is 1. The van der Waals surface area contributed by atoms with E-state index in [0.717, 1.165) is 5.46 Å². The molecule has 1 heterocycles. The van der Waals surface area contributed by atoms with Crippen molar-refractivity contribution >= 4 is 18.5 Å². The molecule has 0 aliphatic carbocycles. The van der Waals surface area contributed by atoms with Gasteiger partial charge in [0.1, 0.15) is 0 Å². The highest BCUT2D eigenvalue weighted by Crippen LogP contribution is 1.97. The van der Waals surface area contributed by atoms with Gasteiger partial charge in [-0.15, -0.1) is 0 Å². The van der Waals surface area contributed by atoms with E-state index in [0.29, 0.717) is 26.3 Å². The van der Waals surface area contributed by atoms with Crippen LogP contribution in [0.2, 0.25) is 0 Å². The molecular weight excluding hydrogens is 189 g/mol. The third kappa shape index (κ3) is 2.83. The van der Waals surface area contributed by atoms with E-state index >= 15 is 0 Å². The lowest BCUT2D eigenvalue weighted by Gasteiger charge is -2.27. The fraction of sp³-hybridized carbons (Fsp3) is 0.364. The van der Waals surface area contributed by atoms with Crippen molar-refractivity contribution in [2.24, 2.45) is 0 Å². The predicted octanol–water partition coefficient (Wildman–Crippen LogP) is 0.468. The number of hydrogen-bond acceptors (Lipinski definition) is 2. The fourth-order valence-corrected chi connectivity index (χ4v) is 1.57. The summed E-state index contributed by atoms with van der Waals surface area (Å²) in [6.45, 7) is 2.69. The van der Waals surface area contributed by atoms with Gasteiger partial charge in [0.25, 0.3) is 7.28 Å². The number of hydrogen-bond donors (Lipinski definition) is 0. The largest absolute Gasteiger partial charge is 0.378 e. The Labute approximate surface area is 90.3 Å². The van der Waals surface area contributed by atoms with Crippen LogP contribution in [0.25, 0.3) is 0 Å². The molecule has 4 heteroatoms. The number of benzene rings is 1. The van der Waals surface area contributed by atoms with Gasteiger partial charge in [-0.25, -0.2) is 0 Å². The van der Waals surface area contributed by atoms with Gasteiger partial charge in [0.05, 0.1) is 13.2 Å². The van der Waals surface area contributed by atoms with Crippen molar-refractivity contribution in [2.45, 2.75) is 0 Å². The van der Waals surface area contributed by atoms with Crippen LogP contribution in [0.3, 0.4) is 0 Å². The van der Waals surface area contributed by atoms with Crippen molar-refractivity contribution in [2.75, 3.05) is 26.3 Å². The molecule has 0 N–H and O–H groups in total. The van der Waals surface area contributed by atoms with Crippen LogP contribution in [0.4, 0.5) is 4.79 Å². The molecule has 1 radical (unpaired) electrons. The highest BCUT2D eigenvalue weighted by Gasteiger charge is 2.17. The van der Waals surface area contributed by atoms with Crippen LogP contribution in [-0.2, 0) is 4.74 Å². The van der Waals surface area contributed by atoms with Crippen molar-refractivity contribution in [3.63, 3.8) is 0 Å². The third-order valence-corrected chi connectivity index (χ3v) is 2.41. The van der Waals surface area contributed by atoms with Gasteiger partial charge in [-0.3, -0.25) is 4.79 Å². The number of nitrogens with zero attached hydrogens (tertiary/aromatic N) is 1. The lowest BCUT2D eigenvalue weighted by atomic mass is 9.69. The minimum absolute atomic E-state index is 0.0736. The Morgan fingerprint density at radius 3 is 2.53 bits per heavy atom. The summed E-state index contributed by atoms with van der Waals surface area (Å²) < 4.78 is 5.19. The Morgan fingerprint density at radius 2 is 1.87 bits per heavy atom. The quantitative estimate of drug-likeness (QED) is 0.652. The van der Waals surface area contributed by atoms with Crippen LogP contribution >= 0.6 is 0 Å². The van der Waals surface area contributed by atoms with E-state index < -0.39 is 0 Å². The molecule has 0 bridgehead atoms. The molecule has 1 saturated heterocycles. The number of amides is 1. The summed E-state index contributed by atoms with van der Waals surface area (Å²) in [7, 11) is 1.67. The molecule has 0 atom stereocenters. The van der Waals surface area contributed by atoms with E-state index in [1.165, 1.54) is 0 Å². The summed E-state index contributed by atoms with van der Waals surface area (Å²) in [5.41, 5.74) is 0.953. The Bertz CT molecular complexity index is 323. The molecule has 1 aliphatic rings. The number of rotatable bonds is 2. The Kier molecular flexibility index (Phi) is 3.40. The molecular formula is C11H13BNO2. The summed E-state index contributed by atoms with van der Waals surface area (Å²) in [6.07, 6.45) is 0. The normalized spacial score (nSPS) is 16.1. The molecule has 0 aromatic heterocycles. The van der Waals surface area contributed by atoms with Crippen LogP contribution in [0.15, 0.2) is 30.3 Å². The van der Waals surface area contributed by atoms with Crippen LogP contribution < -0.4 is 5.46 Å². The molecule has 1 amide bonds. The average molecular weight is 202 g/mol. The zero-order valence-electron chi connectivity index (χ0n) is 8.56. The van der Waals surface area contributed by atoms with Gasteiger partial charge in [0, 0.05) is 13.1 Å². The molecule has 1 aliphatic heterocycles. The van der Waals surface area contributed by atoms with E-state index in [9.17, 15) is 4.79 Å². The Balaban J connectivity index is 1.91. The average Bonchev–Trinajstić information content (AvgIpc) is 2.31. The van der Waals surface area contributed by atoms with E-state index in [1.54, 1.807) is 7.28 Å². The summed E-state index contributed by atoms with van der Waals surface area (Å²) >= 11 is 0. The van der Waals surface area contributed by atoms with Crippen LogP contribution in [0.5, 0.6) is 0 Å². The van der Waals surface area contributed by atoms with E-state index in [-0.39, 0.29) is 5.81 Å². The highest BCUT2D eigenvalue weighted by molar-refractivity contribution is 6.83. The van der Waals surface area contributed by atoms with Crippen molar-refractivity contribution in [1.29, 1.82) is 0 Å². The smallest absolute Gasteiger partial charge is 0.271 e. The minimum Gasteiger partial charge on any atom is -0.378 e. The summed E-state index contributed by atoms with van der Waals surface area (Å²) in [5.74, 6) is 0.0736. The monoisotopic (exact) mass is 202 g/mol. The SMILES string of the molecule is O=C([B]c1ccccc1)N1CCOCC1. The maximum absolute atomic E-state index is 11.8. The molecule has 0 spiro atoms. The van der Waals surface area contributed by atoms with Gasteiger partial charge in [0.2, 0.25) is 0 Å². The van der Waals surface area contributed by atoms with Gasteiger partial charge in [-0.2, -0.15) is 0 Å². The summed E-state index contributed by atoms with van der Waals surface area (Å²) in [5, 5.41) is 0. The number of morpholine rings is 1. The van der Waals surface area contributed by atoms with Crippen molar-refractivity contribution in [3.05, 3.63) is 30.3 Å². The minimum atomic E-state index is 0.0736. The van der Waals surface area contributed by atoms with Gasteiger partial charge in [-0.1, -0.05) is 35.8 Å². The first-order chi connectivity index (χ1) is 7.36. The molecule has 15 heavy (non-hydrogen) atoms. The number of carbonyl (C=O) groups excluding carboxylic acids is 1. The van der Waals surface area contributed by atoms with Crippen molar-refractivity contribution in [1.82, 2.24) is 4.90 Å². The van der Waals surface area contributed by atoms with Gasteiger partial charge >= 0.3 is 0 Å². The predicted molar refractivity (Wildman–Crippen MR) is 59.6 cm³/mol. The van der Waals surface area contributed by atoms with Crippen LogP contribution in [-0.4, -0.2) is 44.3 Å². The molecule has 1 aromatic carbocycles. The highest BCUT2D eigenvalue weighted by atomic mass is 16.5. The van der Waals surface area contributed by atoms with Crippen LogP contribution in [0.1, 0.15) is 0 Å². The first kappa shape index (κ1) is 10.2. The summed E-state index contributed by atoms with van der Waals surface area (Å²) in [4.78, 5) is 13.6. The van der Waals surface area contributed by atoms with E-state index in [4.69, 9.17) is 4.74 Å². The van der Waals surface area contributed by atoms with Gasteiger partial charge in [0.15, 0.2) is 5.81 Å². The first-order valence-corrected chi connectivity index (χ1v) is 5.13. The topological polar surface area (TPSA) is 29.5 Å². The van der Waals surface area contributed by atoms with Crippen molar-refractivity contribution in [3.8, 4) is 0 Å². The Hall–Kier alpha value is -1.29. The molecule has 0 unspecified atom stereocenters. The molecule has 1 fully saturated rings. The maximum Gasteiger partial charge on any atom is 0.271 e. The van der Waals surface area contributed by atoms with E-state index in [2.05, 4.69) is 0 Å². The zero-order valence-corrected chi connectivity index (χ0v) is 8.56. The summed E-state index contributed by atoms with van der Waals surface area (Å²) in [6, 6.07) is 9.66. The van der Waals surface area contributed by atoms with Gasteiger partial charge < -0.3 is 9.64 Å². The van der Waals surface area contributed by atoms with Crippen molar-refractivity contribution < 1.29 is 9.53 Å². The lowest BCUT2D eigenvalue weighted by molar-refractivity contribution is 0.0588. The fourth-order valence-electron chi connectivity index (χ4n) is 1.57. The molecule has 1 aromatic rings. The number of carbonyl (C=O) groups is 1. The molecule has 2 rings (SSSR count). The van der Waals surface area contributed by atoms with Crippen LogP contribution in [0, 0.1) is 0 Å². The first-order valence-electron chi connectivity index (χ1n) is 5.13. The molecule has 77 valence electrons. The van der Waals surface area contributed by atoms with E-state index in [1.807, 2.05) is 35.2 Å². The second-order valence-electron chi connectivity index (χ2n) is 3.49. The lowest BCUT2D eigenvalue weighted by Crippen LogP contribution is -2.44. The second-order valence-corrected chi connectivity index (χ2v) is 3.49.